The highest BCUT2D eigenvalue weighted by atomic mass is 79.9. The number of furan rings is 1. The van der Waals surface area contributed by atoms with Gasteiger partial charge in [-0.1, -0.05) is 46.7 Å². The first-order chi connectivity index (χ1) is 13.1. The van der Waals surface area contributed by atoms with Gasteiger partial charge in [-0.2, -0.15) is 9.78 Å². The number of halogens is 1. The van der Waals surface area contributed by atoms with E-state index in [-0.39, 0.29) is 5.88 Å². The van der Waals surface area contributed by atoms with Crippen molar-refractivity contribution in [3.8, 4) is 0 Å². The van der Waals surface area contributed by atoms with Crippen LogP contribution in [0.3, 0.4) is 0 Å². The monoisotopic (exact) mass is 449 g/mol. The number of benzene rings is 1. The molecule has 2 aromatic heterocycles. The van der Waals surface area contributed by atoms with E-state index < -0.39 is 4.92 Å². The maximum absolute atomic E-state index is 10.7. The number of nitrogens with zero attached hydrogens (tertiary/aromatic N) is 5. The van der Waals surface area contributed by atoms with Gasteiger partial charge in [-0.25, -0.2) is 0 Å². The highest BCUT2D eigenvalue weighted by Crippen LogP contribution is 2.23. The van der Waals surface area contributed by atoms with E-state index in [0.29, 0.717) is 10.9 Å². The van der Waals surface area contributed by atoms with E-state index in [2.05, 4.69) is 31.2 Å². The molecule has 2 heterocycles. The van der Waals surface area contributed by atoms with Crippen molar-refractivity contribution in [2.24, 2.45) is 5.10 Å². The number of hydrogen-bond acceptors (Lipinski definition) is 7. The average molecular weight is 450 g/mol. The van der Waals surface area contributed by atoms with E-state index in [1.165, 1.54) is 30.1 Å². The topological polar surface area (TPSA) is 99.3 Å². The Hall–Kier alpha value is -2.46. The van der Waals surface area contributed by atoms with Crippen molar-refractivity contribution in [1.29, 1.82) is 0 Å². The number of thioether (sulfide) groups is 1. The van der Waals surface area contributed by atoms with E-state index in [4.69, 9.17) is 4.42 Å². The molecule has 8 nitrogen and oxygen atoms in total. The first kappa shape index (κ1) is 19.3. The highest BCUT2D eigenvalue weighted by molar-refractivity contribution is 9.10. The lowest BCUT2D eigenvalue weighted by molar-refractivity contribution is -0.402. The molecule has 0 saturated carbocycles. The molecule has 0 N–H and O–H groups in total. The van der Waals surface area contributed by atoms with E-state index in [0.717, 1.165) is 34.5 Å². The van der Waals surface area contributed by atoms with Gasteiger partial charge in [-0.05, 0) is 30.2 Å². The Morgan fingerprint density at radius 3 is 2.74 bits per heavy atom. The van der Waals surface area contributed by atoms with Gasteiger partial charge in [0.1, 0.15) is 4.92 Å². The van der Waals surface area contributed by atoms with Gasteiger partial charge in [0.25, 0.3) is 0 Å². The lowest BCUT2D eigenvalue weighted by Crippen LogP contribution is -2.00. The molecule has 140 valence electrons. The Morgan fingerprint density at radius 1 is 1.30 bits per heavy atom. The van der Waals surface area contributed by atoms with Crippen LogP contribution in [0.2, 0.25) is 0 Å². The normalized spacial score (nSPS) is 11.3. The second-order valence-corrected chi connectivity index (χ2v) is 7.41. The summed E-state index contributed by atoms with van der Waals surface area (Å²) in [6, 6.07) is 10.9. The quantitative estimate of drug-likeness (QED) is 0.214. The van der Waals surface area contributed by atoms with Crippen LogP contribution in [0, 0.1) is 10.1 Å². The number of rotatable bonds is 8. The Morgan fingerprint density at radius 2 is 2.07 bits per heavy atom. The predicted molar refractivity (Wildman–Crippen MR) is 106 cm³/mol. The fourth-order valence-electron chi connectivity index (χ4n) is 2.23. The molecule has 3 aromatic rings. The van der Waals surface area contributed by atoms with Crippen molar-refractivity contribution in [2.45, 2.75) is 30.7 Å². The standard InChI is InChI=1S/C17H16BrN5O3S/c1-2-3-15-20-21-17(27-11-12-4-6-13(18)7-5-12)22(15)19-10-14-8-9-16(26-14)23(24)25/h4-10H,2-3,11H2,1H3/b19-10-. The summed E-state index contributed by atoms with van der Waals surface area (Å²) in [4.78, 5) is 10.1. The van der Waals surface area contributed by atoms with Gasteiger partial charge in [-0.3, -0.25) is 10.1 Å². The van der Waals surface area contributed by atoms with Crippen LogP contribution in [-0.2, 0) is 12.2 Å². The average Bonchev–Trinajstić information content (AvgIpc) is 3.27. The Labute approximate surface area is 168 Å². The van der Waals surface area contributed by atoms with Gasteiger partial charge in [0.2, 0.25) is 5.16 Å². The Bertz CT molecular complexity index is 952. The lowest BCUT2D eigenvalue weighted by Gasteiger charge is -2.04. The van der Waals surface area contributed by atoms with Crippen LogP contribution in [0.5, 0.6) is 0 Å². The van der Waals surface area contributed by atoms with Crippen LogP contribution < -0.4 is 0 Å². The molecule has 10 heteroatoms. The molecule has 3 rings (SSSR count). The highest BCUT2D eigenvalue weighted by Gasteiger charge is 2.13. The first-order valence-corrected chi connectivity index (χ1v) is 9.94. The molecule has 0 radical (unpaired) electrons. The third-order valence-electron chi connectivity index (χ3n) is 3.52. The van der Waals surface area contributed by atoms with Crippen molar-refractivity contribution < 1.29 is 9.34 Å². The van der Waals surface area contributed by atoms with Crippen LogP contribution >= 0.6 is 27.7 Å². The zero-order valence-electron chi connectivity index (χ0n) is 14.4. The van der Waals surface area contributed by atoms with Crippen LogP contribution in [-0.4, -0.2) is 26.0 Å². The summed E-state index contributed by atoms with van der Waals surface area (Å²) in [7, 11) is 0. The molecule has 0 saturated heterocycles. The maximum atomic E-state index is 10.7. The fraction of sp³-hybridized carbons (Fsp3) is 0.235. The molecule has 27 heavy (non-hydrogen) atoms. The summed E-state index contributed by atoms with van der Waals surface area (Å²) in [6.07, 6.45) is 3.05. The first-order valence-electron chi connectivity index (χ1n) is 8.17. The summed E-state index contributed by atoms with van der Waals surface area (Å²) in [5.74, 6) is 1.42. The van der Waals surface area contributed by atoms with Crippen LogP contribution in [0.1, 0.15) is 30.5 Å². The smallest absolute Gasteiger partial charge is 0.400 e. The third kappa shape index (κ3) is 5.04. The molecule has 0 amide bonds. The Kier molecular flexibility index (Phi) is 6.40. The van der Waals surface area contributed by atoms with Gasteiger partial charge < -0.3 is 4.42 Å². The van der Waals surface area contributed by atoms with E-state index >= 15 is 0 Å². The minimum Gasteiger partial charge on any atom is -0.400 e. The van der Waals surface area contributed by atoms with Gasteiger partial charge in [-0.15, -0.1) is 10.2 Å². The molecular formula is C17H16BrN5O3S. The maximum Gasteiger partial charge on any atom is 0.433 e. The zero-order valence-corrected chi connectivity index (χ0v) is 16.8. The zero-order chi connectivity index (χ0) is 19.2. The SMILES string of the molecule is CCCc1nnc(SCc2ccc(Br)cc2)n1/N=C\c1ccc([N+](=O)[O-])o1. The van der Waals surface area contributed by atoms with E-state index in [9.17, 15) is 10.1 Å². The van der Waals surface area contributed by atoms with Crippen molar-refractivity contribution in [1.82, 2.24) is 14.9 Å². The summed E-state index contributed by atoms with van der Waals surface area (Å²) >= 11 is 4.94. The molecule has 0 bridgehead atoms. The number of aromatic nitrogens is 3. The largest absolute Gasteiger partial charge is 0.433 e. The van der Waals surface area contributed by atoms with Crippen LogP contribution in [0.4, 0.5) is 5.88 Å². The minimum absolute atomic E-state index is 0.293. The summed E-state index contributed by atoms with van der Waals surface area (Å²) in [5, 5.41) is 24.2. The van der Waals surface area contributed by atoms with Crippen molar-refractivity contribution in [2.75, 3.05) is 0 Å². The van der Waals surface area contributed by atoms with E-state index in [1.807, 2.05) is 31.2 Å². The fourth-order valence-corrected chi connectivity index (χ4v) is 3.36. The molecule has 1 aromatic carbocycles. The second-order valence-electron chi connectivity index (χ2n) is 5.55. The predicted octanol–water partition coefficient (Wildman–Crippen LogP) is 4.67. The second kappa shape index (κ2) is 8.96. The molecule has 0 unspecified atom stereocenters. The van der Waals surface area contributed by atoms with Crippen LogP contribution in [0.25, 0.3) is 0 Å². The Balaban J connectivity index is 1.79. The van der Waals surface area contributed by atoms with Crippen molar-refractivity contribution in [3.05, 3.63) is 68.1 Å². The van der Waals surface area contributed by atoms with Crippen molar-refractivity contribution in [3.63, 3.8) is 0 Å². The summed E-state index contributed by atoms with van der Waals surface area (Å²) < 4.78 is 7.79. The molecule has 0 aliphatic carbocycles. The lowest BCUT2D eigenvalue weighted by atomic mass is 10.2. The van der Waals surface area contributed by atoms with E-state index in [1.54, 1.807) is 4.68 Å². The molecule has 0 aliphatic rings. The molecule has 0 fully saturated rings. The molecule has 0 atom stereocenters. The summed E-state index contributed by atoms with van der Waals surface area (Å²) in [6.45, 7) is 2.05. The molecule has 0 spiro atoms. The third-order valence-corrected chi connectivity index (χ3v) is 5.04. The number of hydrogen-bond donors (Lipinski definition) is 0. The molecular weight excluding hydrogens is 434 g/mol. The summed E-state index contributed by atoms with van der Waals surface area (Å²) in [5.41, 5.74) is 1.15. The molecule has 0 aliphatic heterocycles. The van der Waals surface area contributed by atoms with Crippen molar-refractivity contribution >= 4 is 39.8 Å². The van der Waals surface area contributed by atoms with Gasteiger partial charge in [0.05, 0.1) is 12.3 Å². The minimum atomic E-state index is -0.585. The number of aryl methyl sites for hydroxylation is 1. The van der Waals surface area contributed by atoms with Gasteiger partial charge >= 0.3 is 5.88 Å². The number of nitro groups is 1. The van der Waals surface area contributed by atoms with Crippen LogP contribution in [0.15, 0.2) is 55.5 Å². The van der Waals surface area contributed by atoms with Gasteiger partial charge in [0, 0.05) is 16.6 Å². The van der Waals surface area contributed by atoms with Gasteiger partial charge in [0.15, 0.2) is 11.6 Å².